The molecule has 1 nitrogen and oxygen atoms in total. The monoisotopic (exact) mass is 233 g/mol. The van der Waals surface area contributed by atoms with Crippen LogP contribution in [0.15, 0.2) is 29.8 Å². The SMILES string of the molecule is Cc1cc(F)cc(C(N)C2=CCCCCC2)c1. The molecule has 0 aliphatic heterocycles. The smallest absolute Gasteiger partial charge is 0.123 e. The Balaban J connectivity index is 2.23. The third-order valence-corrected chi connectivity index (χ3v) is 3.40. The Morgan fingerprint density at radius 3 is 2.76 bits per heavy atom. The van der Waals surface area contributed by atoms with Gasteiger partial charge in [-0.15, -0.1) is 0 Å². The Labute approximate surface area is 103 Å². The molecule has 1 aliphatic carbocycles. The maximum absolute atomic E-state index is 13.4. The molecule has 1 atom stereocenters. The molecule has 2 N–H and O–H groups in total. The van der Waals surface area contributed by atoms with E-state index in [1.807, 2.05) is 13.0 Å². The first-order valence-electron chi connectivity index (χ1n) is 6.38. The standard InChI is InChI=1S/C15H20FN/c1-11-8-13(10-14(16)9-11)15(17)12-6-4-2-3-5-7-12/h6,8-10,15H,2-5,7,17H2,1H3. The Kier molecular flexibility index (Phi) is 3.95. The van der Waals surface area contributed by atoms with Gasteiger partial charge in [0.2, 0.25) is 0 Å². The molecule has 0 amide bonds. The van der Waals surface area contributed by atoms with Gasteiger partial charge in [0.25, 0.3) is 0 Å². The van der Waals surface area contributed by atoms with Crippen LogP contribution in [0.5, 0.6) is 0 Å². The summed E-state index contributed by atoms with van der Waals surface area (Å²) in [5.74, 6) is -0.190. The highest BCUT2D eigenvalue weighted by Crippen LogP contribution is 2.28. The molecule has 0 aromatic heterocycles. The molecule has 2 heteroatoms. The first-order chi connectivity index (χ1) is 8.16. The number of benzene rings is 1. The fourth-order valence-corrected chi connectivity index (χ4v) is 2.48. The number of hydrogen-bond donors (Lipinski definition) is 1. The van der Waals surface area contributed by atoms with Crippen molar-refractivity contribution >= 4 is 0 Å². The fraction of sp³-hybridized carbons (Fsp3) is 0.467. The van der Waals surface area contributed by atoms with Gasteiger partial charge in [-0.3, -0.25) is 0 Å². The number of aryl methyl sites for hydroxylation is 1. The molecule has 0 heterocycles. The van der Waals surface area contributed by atoms with Crippen molar-refractivity contribution in [3.8, 4) is 0 Å². The minimum Gasteiger partial charge on any atom is -0.321 e. The molecule has 17 heavy (non-hydrogen) atoms. The first-order valence-corrected chi connectivity index (χ1v) is 6.38. The van der Waals surface area contributed by atoms with Gasteiger partial charge in [-0.1, -0.05) is 24.1 Å². The molecule has 1 aliphatic rings. The molecule has 0 saturated carbocycles. The molecule has 0 radical (unpaired) electrons. The Hall–Kier alpha value is -1.15. The lowest BCUT2D eigenvalue weighted by Crippen LogP contribution is -2.13. The van der Waals surface area contributed by atoms with Crippen LogP contribution in [-0.4, -0.2) is 0 Å². The number of allylic oxidation sites excluding steroid dienone is 1. The van der Waals surface area contributed by atoms with Crippen LogP contribution >= 0.6 is 0 Å². The number of hydrogen-bond acceptors (Lipinski definition) is 1. The number of halogens is 1. The molecule has 1 unspecified atom stereocenters. The third-order valence-electron chi connectivity index (χ3n) is 3.40. The zero-order valence-corrected chi connectivity index (χ0v) is 10.4. The minimum atomic E-state index is -0.190. The summed E-state index contributed by atoms with van der Waals surface area (Å²) in [7, 11) is 0. The lowest BCUT2D eigenvalue weighted by molar-refractivity contribution is 0.620. The van der Waals surface area contributed by atoms with E-state index in [0.717, 1.165) is 24.0 Å². The van der Waals surface area contributed by atoms with E-state index >= 15 is 0 Å². The van der Waals surface area contributed by atoms with Crippen LogP contribution in [0.2, 0.25) is 0 Å². The van der Waals surface area contributed by atoms with Gasteiger partial charge in [-0.2, -0.15) is 0 Å². The third kappa shape index (κ3) is 3.16. The van der Waals surface area contributed by atoms with Crippen molar-refractivity contribution in [2.75, 3.05) is 0 Å². The van der Waals surface area contributed by atoms with Crippen LogP contribution in [0, 0.1) is 12.7 Å². The molecule has 2 rings (SSSR count). The predicted octanol–water partition coefficient (Wildman–Crippen LogP) is 4.02. The van der Waals surface area contributed by atoms with E-state index in [1.54, 1.807) is 6.07 Å². The van der Waals surface area contributed by atoms with Crippen molar-refractivity contribution < 1.29 is 4.39 Å². The summed E-state index contributed by atoms with van der Waals surface area (Å²) >= 11 is 0. The number of rotatable bonds is 2. The molecule has 0 saturated heterocycles. The highest BCUT2D eigenvalue weighted by atomic mass is 19.1. The van der Waals surface area contributed by atoms with Crippen molar-refractivity contribution in [2.45, 2.75) is 45.1 Å². The Morgan fingerprint density at radius 1 is 1.18 bits per heavy atom. The zero-order valence-electron chi connectivity index (χ0n) is 10.4. The fourth-order valence-electron chi connectivity index (χ4n) is 2.48. The first kappa shape index (κ1) is 12.3. The van der Waals surface area contributed by atoms with Gasteiger partial charge < -0.3 is 5.73 Å². The topological polar surface area (TPSA) is 26.0 Å². The summed E-state index contributed by atoms with van der Waals surface area (Å²) < 4.78 is 13.4. The van der Waals surface area contributed by atoms with Gasteiger partial charge >= 0.3 is 0 Å². The highest BCUT2D eigenvalue weighted by Gasteiger charge is 2.14. The highest BCUT2D eigenvalue weighted by molar-refractivity contribution is 5.32. The molecule has 0 bridgehead atoms. The van der Waals surface area contributed by atoms with Crippen LogP contribution < -0.4 is 5.73 Å². The van der Waals surface area contributed by atoms with Crippen LogP contribution in [0.1, 0.15) is 49.3 Å². The van der Waals surface area contributed by atoms with Crippen molar-refractivity contribution in [1.82, 2.24) is 0 Å². The lowest BCUT2D eigenvalue weighted by atomic mass is 9.95. The van der Waals surface area contributed by atoms with Crippen LogP contribution in [0.3, 0.4) is 0 Å². The maximum atomic E-state index is 13.4. The van der Waals surface area contributed by atoms with Gasteiger partial charge in [0.15, 0.2) is 0 Å². The maximum Gasteiger partial charge on any atom is 0.123 e. The van der Waals surface area contributed by atoms with Crippen LogP contribution in [-0.2, 0) is 0 Å². The van der Waals surface area contributed by atoms with Crippen molar-refractivity contribution in [2.24, 2.45) is 5.73 Å². The van der Waals surface area contributed by atoms with E-state index in [0.29, 0.717) is 0 Å². The Bertz CT molecular complexity index is 403. The van der Waals surface area contributed by atoms with Crippen molar-refractivity contribution in [3.05, 3.63) is 46.8 Å². The van der Waals surface area contributed by atoms with E-state index in [1.165, 1.54) is 30.9 Å². The van der Waals surface area contributed by atoms with Gasteiger partial charge in [-0.05, 0) is 55.9 Å². The molecular weight excluding hydrogens is 213 g/mol. The summed E-state index contributed by atoms with van der Waals surface area (Å²) in [6, 6.07) is 4.95. The van der Waals surface area contributed by atoms with E-state index in [-0.39, 0.29) is 11.9 Å². The second-order valence-electron chi connectivity index (χ2n) is 4.92. The van der Waals surface area contributed by atoms with E-state index in [4.69, 9.17) is 5.73 Å². The number of nitrogens with two attached hydrogens (primary N) is 1. The second-order valence-corrected chi connectivity index (χ2v) is 4.92. The summed E-state index contributed by atoms with van der Waals surface area (Å²) in [6.07, 6.45) is 8.13. The van der Waals surface area contributed by atoms with Gasteiger partial charge in [0, 0.05) is 0 Å². The van der Waals surface area contributed by atoms with E-state index in [2.05, 4.69) is 6.08 Å². The second kappa shape index (κ2) is 5.46. The van der Waals surface area contributed by atoms with E-state index in [9.17, 15) is 4.39 Å². The molecule has 1 aromatic carbocycles. The predicted molar refractivity (Wildman–Crippen MR) is 69.2 cm³/mol. The lowest BCUT2D eigenvalue weighted by Gasteiger charge is -2.16. The largest absolute Gasteiger partial charge is 0.321 e. The summed E-state index contributed by atoms with van der Waals surface area (Å²) in [6.45, 7) is 1.90. The van der Waals surface area contributed by atoms with Crippen molar-refractivity contribution in [1.29, 1.82) is 0 Å². The van der Waals surface area contributed by atoms with Crippen LogP contribution in [0.25, 0.3) is 0 Å². The van der Waals surface area contributed by atoms with Gasteiger partial charge in [0.1, 0.15) is 5.82 Å². The summed E-state index contributed by atoms with van der Waals surface area (Å²) in [5, 5.41) is 0. The summed E-state index contributed by atoms with van der Waals surface area (Å²) in [4.78, 5) is 0. The average molecular weight is 233 g/mol. The van der Waals surface area contributed by atoms with Crippen molar-refractivity contribution in [3.63, 3.8) is 0 Å². The molecule has 0 spiro atoms. The average Bonchev–Trinajstić information content (AvgIpc) is 2.55. The summed E-state index contributed by atoms with van der Waals surface area (Å²) in [5.41, 5.74) is 9.35. The Morgan fingerprint density at radius 2 is 2.00 bits per heavy atom. The zero-order chi connectivity index (χ0) is 12.3. The van der Waals surface area contributed by atoms with Gasteiger partial charge in [-0.25, -0.2) is 4.39 Å². The molecule has 1 aromatic rings. The normalized spacial score (nSPS) is 18.4. The quantitative estimate of drug-likeness (QED) is 0.767. The minimum absolute atomic E-state index is 0.137. The van der Waals surface area contributed by atoms with Crippen LogP contribution in [0.4, 0.5) is 4.39 Å². The molecule has 0 fully saturated rings. The molecule has 92 valence electrons. The van der Waals surface area contributed by atoms with Gasteiger partial charge in [0.05, 0.1) is 6.04 Å². The van der Waals surface area contributed by atoms with E-state index < -0.39 is 0 Å². The molecular formula is C15H20FN.